The van der Waals surface area contributed by atoms with Crippen molar-refractivity contribution in [2.45, 2.75) is 19.8 Å². The van der Waals surface area contributed by atoms with E-state index in [0.29, 0.717) is 18.0 Å². The molecule has 0 saturated heterocycles. The highest BCUT2D eigenvalue weighted by atomic mass is 35.5. The highest BCUT2D eigenvalue weighted by Crippen LogP contribution is 2.36. The molecule has 1 aliphatic rings. The fourth-order valence-corrected chi connectivity index (χ4v) is 2.12. The minimum atomic E-state index is -0.631. The Hall–Kier alpha value is -1.52. The minimum Gasteiger partial charge on any atom is -0.491 e. The van der Waals surface area contributed by atoms with Gasteiger partial charge < -0.3 is 4.74 Å². The monoisotopic (exact) mass is 313 g/mol. The molecule has 0 bridgehead atoms. The first-order valence-electron chi connectivity index (χ1n) is 6.23. The molecule has 1 aliphatic heterocycles. The van der Waals surface area contributed by atoms with Gasteiger partial charge in [0, 0.05) is 0 Å². The summed E-state index contributed by atoms with van der Waals surface area (Å²) < 4.78 is 5.61. The Kier molecular flexibility index (Phi) is 4.68. The summed E-state index contributed by atoms with van der Waals surface area (Å²) in [7, 11) is 0. The largest absolute Gasteiger partial charge is 0.491 e. The van der Waals surface area contributed by atoms with Crippen LogP contribution in [0.4, 0.5) is 5.69 Å². The summed E-state index contributed by atoms with van der Waals surface area (Å²) in [5.41, 5.74) is 0.354. The van der Waals surface area contributed by atoms with Crippen molar-refractivity contribution >= 4 is 40.7 Å². The molecule has 1 aromatic carbocycles. The van der Waals surface area contributed by atoms with Crippen LogP contribution in [-0.2, 0) is 9.59 Å². The molecule has 0 aromatic heterocycles. The smallest absolute Gasteiger partial charge is 0.278 e. The van der Waals surface area contributed by atoms with Crippen LogP contribution in [0.5, 0.6) is 5.75 Å². The lowest BCUT2D eigenvalue weighted by Gasteiger charge is -2.18. The van der Waals surface area contributed by atoms with Crippen molar-refractivity contribution in [3.8, 4) is 5.75 Å². The number of hydrogen-bond acceptors (Lipinski definition) is 3. The Morgan fingerprint density at radius 2 is 1.70 bits per heavy atom. The van der Waals surface area contributed by atoms with Crippen molar-refractivity contribution < 1.29 is 14.3 Å². The average molecular weight is 314 g/mol. The van der Waals surface area contributed by atoms with Crippen LogP contribution in [0.1, 0.15) is 19.8 Å². The topological polar surface area (TPSA) is 46.6 Å². The van der Waals surface area contributed by atoms with Gasteiger partial charge in [-0.2, -0.15) is 0 Å². The Labute approximate surface area is 126 Å². The summed E-state index contributed by atoms with van der Waals surface area (Å²) in [6.07, 6.45) is 1.87. The quantitative estimate of drug-likeness (QED) is 0.618. The summed E-state index contributed by atoms with van der Waals surface area (Å²) >= 11 is 11.5. The second-order valence-electron chi connectivity index (χ2n) is 4.24. The fourth-order valence-electron chi connectivity index (χ4n) is 1.79. The predicted octanol–water partition coefficient (Wildman–Crippen LogP) is 3.43. The third-order valence-electron chi connectivity index (χ3n) is 2.84. The molecule has 2 rings (SSSR count). The number of nitrogens with zero attached hydrogens (tertiary/aromatic N) is 1. The lowest BCUT2D eigenvalue weighted by atomic mass is 10.2. The van der Waals surface area contributed by atoms with Crippen LogP contribution >= 0.6 is 23.2 Å². The maximum atomic E-state index is 12.0. The average Bonchev–Trinajstić information content (AvgIpc) is 2.64. The molecule has 0 spiro atoms. The highest BCUT2D eigenvalue weighted by Gasteiger charge is 2.39. The summed E-state index contributed by atoms with van der Waals surface area (Å²) in [4.78, 5) is 24.9. The number of carbonyl (C=O) groups is 2. The number of halogens is 2. The molecular weight excluding hydrogens is 301 g/mol. The second-order valence-corrected chi connectivity index (χ2v) is 5.00. The van der Waals surface area contributed by atoms with E-state index in [2.05, 4.69) is 0 Å². The number of carbonyl (C=O) groups excluding carboxylic acids is 2. The summed E-state index contributed by atoms with van der Waals surface area (Å²) in [5, 5.41) is -0.528. The molecule has 0 unspecified atom stereocenters. The van der Waals surface area contributed by atoms with Crippen LogP contribution in [0.3, 0.4) is 0 Å². The molecule has 0 saturated carbocycles. The molecule has 0 aliphatic carbocycles. The number of para-hydroxylation sites is 2. The van der Waals surface area contributed by atoms with E-state index < -0.39 is 11.8 Å². The summed E-state index contributed by atoms with van der Waals surface area (Å²) in [5.74, 6) is -0.806. The number of benzene rings is 1. The third kappa shape index (κ3) is 2.67. The van der Waals surface area contributed by atoms with E-state index >= 15 is 0 Å². The Balaban J connectivity index is 2.30. The Morgan fingerprint density at radius 1 is 1.10 bits per heavy atom. The van der Waals surface area contributed by atoms with Crippen molar-refractivity contribution in [2.24, 2.45) is 0 Å². The lowest BCUT2D eigenvalue weighted by Crippen LogP contribution is -2.31. The van der Waals surface area contributed by atoms with Crippen molar-refractivity contribution in [3.63, 3.8) is 0 Å². The minimum absolute atomic E-state index is 0.264. The summed E-state index contributed by atoms with van der Waals surface area (Å²) in [6.45, 7) is 2.56. The molecule has 0 atom stereocenters. The van der Waals surface area contributed by atoms with Crippen LogP contribution in [0.2, 0.25) is 0 Å². The second kappa shape index (κ2) is 6.29. The van der Waals surface area contributed by atoms with Crippen molar-refractivity contribution in [1.29, 1.82) is 0 Å². The van der Waals surface area contributed by atoms with Gasteiger partial charge in [0.15, 0.2) is 0 Å². The number of amides is 2. The predicted molar refractivity (Wildman–Crippen MR) is 78.1 cm³/mol. The van der Waals surface area contributed by atoms with Crippen LogP contribution in [-0.4, -0.2) is 18.4 Å². The van der Waals surface area contributed by atoms with Crippen LogP contribution in [0, 0.1) is 0 Å². The van der Waals surface area contributed by atoms with E-state index in [4.69, 9.17) is 27.9 Å². The van der Waals surface area contributed by atoms with Gasteiger partial charge in [-0.05, 0) is 18.6 Å². The van der Waals surface area contributed by atoms with Crippen molar-refractivity contribution in [2.75, 3.05) is 11.5 Å². The number of anilines is 1. The van der Waals surface area contributed by atoms with Gasteiger partial charge in [0.25, 0.3) is 11.8 Å². The van der Waals surface area contributed by atoms with Gasteiger partial charge in [-0.25, -0.2) is 4.90 Å². The Bertz CT molecular complexity index is 560. The Morgan fingerprint density at radius 3 is 2.30 bits per heavy atom. The zero-order chi connectivity index (χ0) is 14.7. The number of imide groups is 1. The number of unbranched alkanes of at least 4 members (excludes halogenated alkanes) is 1. The van der Waals surface area contributed by atoms with Crippen LogP contribution < -0.4 is 9.64 Å². The van der Waals surface area contributed by atoms with E-state index in [1.807, 2.05) is 6.92 Å². The van der Waals surface area contributed by atoms with Crippen molar-refractivity contribution in [3.05, 3.63) is 34.3 Å². The van der Waals surface area contributed by atoms with Crippen LogP contribution in [0.15, 0.2) is 34.3 Å². The maximum Gasteiger partial charge on any atom is 0.278 e. The zero-order valence-electron chi connectivity index (χ0n) is 10.9. The van der Waals surface area contributed by atoms with E-state index in [1.54, 1.807) is 24.3 Å². The van der Waals surface area contributed by atoms with Crippen LogP contribution in [0.25, 0.3) is 0 Å². The first-order chi connectivity index (χ1) is 9.57. The highest BCUT2D eigenvalue weighted by molar-refractivity contribution is 6.62. The lowest BCUT2D eigenvalue weighted by molar-refractivity contribution is -0.120. The molecular formula is C14H13Cl2NO3. The number of ether oxygens (including phenoxy) is 1. The van der Waals surface area contributed by atoms with Gasteiger partial charge in [-0.15, -0.1) is 0 Å². The zero-order valence-corrected chi connectivity index (χ0v) is 12.4. The normalized spacial score (nSPS) is 15.2. The molecule has 1 aromatic rings. The first kappa shape index (κ1) is 14.9. The third-order valence-corrected chi connectivity index (χ3v) is 3.63. The van der Waals surface area contributed by atoms with Gasteiger partial charge in [-0.1, -0.05) is 48.7 Å². The van der Waals surface area contributed by atoms with Gasteiger partial charge in [0.05, 0.1) is 12.3 Å². The van der Waals surface area contributed by atoms with E-state index in [1.165, 1.54) is 0 Å². The van der Waals surface area contributed by atoms with Gasteiger partial charge >= 0.3 is 0 Å². The van der Waals surface area contributed by atoms with Crippen molar-refractivity contribution in [1.82, 2.24) is 0 Å². The van der Waals surface area contributed by atoms with Gasteiger partial charge in [0.2, 0.25) is 0 Å². The van der Waals surface area contributed by atoms with E-state index in [9.17, 15) is 9.59 Å². The molecule has 6 heteroatoms. The first-order valence-corrected chi connectivity index (χ1v) is 6.99. The van der Waals surface area contributed by atoms with Gasteiger partial charge in [0.1, 0.15) is 15.8 Å². The molecule has 0 radical (unpaired) electrons. The molecule has 106 valence electrons. The van der Waals surface area contributed by atoms with Gasteiger partial charge in [-0.3, -0.25) is 9.59 Å². The standard InChI is InChI=1S/C14H13Cl2NO3/c1-2-3-8-20-10-7-5-4-6-9(10)17-13(18)11(15)12(16)14(17)19/h4-7H,2-3,8H2,1H3. The molecule has 0 N–H and O–H groups in total. The number of rotatable bonds is 5. The maximum absolute atomic E-state index is 12.0. The molecule has 4 nitrogen and oxygen atoms in total. The SMILES string of the molecule is CCCCOc1ccccc1N1C(=O)C(Cl)=C(Cl)C1=O. The molecule has 1 heterocycles. The number of hydrogen-bond donors (Lipinski definition) is 0. The molecule has 2 amide bonds. The van der Waals surface area contributed by atoms with E-state index in [0.717, 1.165) is 17.7 Å². The molecule has 20 heavy (non-hydrogen) atoms. The van der Waals surface area contributed by atoms with E-state index in [-0.39, 0.29) is 10.1 Å². The molecule has 0 fully saturated rings. The summed E-state index contributed by atoms with van der Waals surface area (Å²) in [6, 6.07) is 6.80. The fraction of sp³-hybridized carbons (Fsp3) is 0.286.